The second kappa shape index (κ2) is 83.1. The highest BCUT2D eigenvalue weighted by atomic mass is 16.5. The zero-order valence-corrected chi connectivity index (χ0v) is 87.1. The van der Waals surface area contributed by atoms with Gasteiger partial charge >= 0.3 is 11.9 Å². The van der Waals surface area contributed by atoms with Crippen LogP contribution in [0.5, 0.6) is 0 Å². The van der Waals surface area contributed by atoms with Gasteiger partial charge < -0.3 is 45.3 Å². The van der Waals surface area contributed by atoms with E-state index in [4.69, 9.17) is 24.4 Å². The van der Waals surface area contributed by atoms with Crippen LogP contribution in [0.15, 0.2) is 251 Å². The summed E-state index contributed by atoms with van der Waals surface area (Å²) in [6, 6.07) is 8.59. The summed E-state index contributed by atoms with van der Waals surface area (Å²) in [7, 11) is 0. The van der Waals surface area contributed by atoms with Gasteiger partial charge in [-0.15, -0.1) is 13.2 Å². The highest BCUT2D eigenvalue weighted by Gasteiger charge is 2.29. The number of allylic oxidation sites excluding steroid dienone is 15. The molecule has 0 bridgehead atoms. The molecular formula is C112H188N2O14. The van der Waals surface area contributed by atoms with Crippen molar-refractivity contribution in [1.29, 1.82) is 0 Å². The lowest BCUT2D eigenvalue weighted by Crippen LogP contribution is -2.31. The lowest BCUT2D eigenvalue weighted by atomic mass is 9.75. The topological polar surface area (TPSA) is 252 Å². The molecule has 16 heteroatoms. The van der Waals surface area contributed by atoms with Crippen molar-refractivity contribution >= 4 is 47.1 Å². The first-order valence-corrected chi connectivity index (χ1v) is 45.2. The van der Waals surface area contributed by atoms with E-state index in [2.05, 4.69) is 243 Å². The van der Waals surface area contributed by atoms with Crippen molar-refractivity contribution in [2.75, 3.05) is 32.9 Å². The molecule has 0 aromatic heterocycles. The summed E-state index contributed by atoms with van der Waals surface area (Å²) < 4.78 is 14.9. The van der Waals surface area contributed by atoms with E-state index in [0.29, 0.717) is 95.5 Å². The summed E-state index contributed by atoms with van der Waals surface area (Å²) >= 11 is 0. The highest BCUT2D eigenvalue weighted by Crippen LogP contribution is 2.34. The first-order chi connectivity index (χ1) is 58.6. The van der Waals surface area contributed by atoms with Crippen LogP contribution in [0.1, 0.15) is 278 Å². The van der Waals surface area contributed by atoms with Crippen molar-refractivity contribution in [3.63, 3.8) is 0 Å². The molecule has 128 heavy (non-hydrogen) atoms. The predicted molar refractivity (Wildman–Crippen MR) is 555 cm³/mol. The third-order valence-electron chi connectivity index (χ3n) is 18.7. The number of esters is 2. The first kappa shape index (κ1) is 139. The number of benzene rings is 1. The van der Waals surface area contributed by atoms with Crippen molar-refractivity contribution in [3.05, 3.63) is 262 Å². The average molecular weight is 1790 g/mol. The van der Waals surface area contributed by atoms with Gasteiger partial charge in [-0.05, 0) is 198 Å². The van der Waals surface area contributed by atoms with Gasteiger partial charge in [0.25, 0.3) is 0 Å². The van der Waals surface area contributed by atoms with E-state index in [9.17, 15) is 43.8 Å². The van der Waals surface area contributed by atoms with E-state index < -0.39 is 18.0 Å². The van der Waals surface area contributed by atoms with Gasteiger partial charge in [-0.3, -0.25) is 24.0 Å². The molecule has 1 aromatic carbocycles. The average Bonchev–Trinajstić information content (AvgIpc) is 0.864. The van der Waals surface area contributed by atoms with Crippen LogP contribution < -0.4 is 10.6 Å². The molecular weight excluding hydrogens is 1600 g/mol. The van der Waals surface area contributed by atoms with Crippen molar-refractivity contribution in [3.8, 4) is 0 Å². The van der Waals surface area contributed by atoms with Gasteiger partial charge in [-0.2, -0.15) is 0 Å². The Morgan fingerprint density at radius 2 is 0.953 bits per heavy atom. The molecule has 4 unspecified atom stereocenters. The summed E-state index contributed by atoms with van der Waals surface area (Å²) in [6.07, 6.45) is 16.8. The zero-order chi connectivity index (χ0) is 103. The van der Waals surface area contributed by atoms with Gasteiger partial charge in [-0.1, -0.05) is 336 Å². The van der Waals surface area contributed by atoms with Gasteiger partial charge in [0.1, 0.15) is 30.5 Å². The number of rotatable bonds is 41. The van der Waals surface area contributed by atoms with Gasteiger partial charge in [0.05, 0.1) is 31.1 Å². The Kier molecular flexibility index (Phi) is 90.2. The number of hydrogen-bond donors (Lipinski definition) is 6. The third kappa shape index (κ3) is 89.9. The fraction of sp³-hybridized carbons (Fsp3) is 0.545. The molecule has 1 aromatic rings. The summed E-state index contributed by atoms with van der Waals surface area (Å²) in [5.41, 5.74) is 13.0. The maximum absolute atomic E-state index is 11.1. The number of carbonyl (C=O) groups excluding carboxylic acids is 7. The maximum Gasteiger partial charge on any atom is 0.333 e. The Balaban J connectivity index is -0.000000149. The monoisotopic (exact) mass is 1790 g/mol. The number of nitrogens with one attached hydrogen (secondary N) is 2. The van der Waals surface area contributed by atoms with Crippen LogP contribution in [-0.2, 0) is 54.2 Å². The van der Waals surface area contributed by atoms with Gasteiger partial charge in [0, 0.05) is 66.3 Å². The van der Waals surface area contributed by atoms with E-state index in [-0.39, 0.29) is 95.9 Å². The lowest BCUT2D eigenvalue weighted by Gasteiger charge is -2.34. The minimum absolute atomic E-state index is 0.00444. The van der Waals surface area contributed by atoms with E-state index in [1.165, 1.54) is 47.8 Å². The minimum Gasteiger partial charge on any atom is -0.513 e. The number of hydrogen-bond acceptors (Lipinski definition) is 15. The molecule has 6 N–H and O–H groups in total. The molecule has 16 nitrogen and oxygen atoms in total. The fourth-order valence-corrected chi connectivity index (χ4v) is 9.18. The van der Waals surface area contributed by atoms with E-state index >= 15 is 0 Å². The van der Waals surface area contributed by atoms with Crippen LogP contribution in [0.25, 0.3) is 6.08 Å². The smallest absolute Gasteiger partial charge is 0.333 e. The van der Waals surface area contributed by atoms with Gasteiger partial charge in [0.2, 0.25) is 5.91 Å². The van der Waals surface area contributed by atoms with Crippen molar-refractivity contribution < 1.29 is 68.2 Å². The normalized spacial score (nSPS) is 12.8. The molecule has 0 heterocycles. The summed E-state index contributed by atoms with van der Waals surface area (Å²) in [4.78, 5) is 76.1. The van der Waals surface area contributed by atoms with Crippen LogP contribution in [0.2, 0.25) is 0 Å². The number of Topliss-reactive ketones (excluding diaryl/α,β-unsaturated/α-hetero) is 3. The van der Waals surface area contributed by atoms with Crippen LogP contribution in [0.4, 0.5) is 0 Å². The minimum atomic E-state index is -0.427. The van der Waals surface area contributed by atoms with Crippen LogP contribution in [0, 0.1) is 82.9 Å². The van der Waals surface area contributed by atoms with Gasteiger partial charge in [-0.25, -0.2) is 9.59 Å². The Morgan fingerprint density at radius 3 is 1.23 bits per heavy atom. The van der Waals surface area contributed by atoms with E-state index in [1.54, 1.807) is 48.5 Å². The molecule has 1 aliphatic carbocycles. The largest absolute Gasteiger partial charge is 0.513 e. The highest BCUT2D eigenvalue weighted by molar-refractivity contribution is 5.99. The number of aliphatic hydroxyl groups is 4. The Morgan fingerprint density at radius 1 is 0.492 bits per heavy atom. The molecule has 1 amide bonds. The predicted octanol–water partition coefficient (Wildman–Crippen LogP) is 28.1. The second-order valence-corrected chi connectivity index (χ2v) is 36.1. The molecule has 0 saturated heterocycles. The molecule has 2 rings (SSSR count). The summed E-state index contributed by atoms with van der Waals surface area (Å²) in [6.45, 7) is 127. The number of ether oxygens (including phenoxy) is 3. The number of aliphatic hydroxyl groups excluding tert-OH is 4. The Labute approximate surface area is 784 Å². The Hall–Kier alpha value is -9.51. The third-order valence-corrected chi connectivity index (χ3v) is 18.7. The van der Waals surface area contributed by atoms with Crippen LogP contribution in [-0.4, -0.2) is 107 Å². The lowest BCUT2D eigenvalue weighted by molar-refractivity contribution is -0.140. The maximum atomic E-state index is 11.1. The Bertz CT molecular complexity index is 3560. The molecule has 0 radical (unpaired) electrons. The standard InChI is InChI=1S/C12H21NO.C12H16.C11H20O.C10H17NO3.C10H18O3.C10H16O.C9H14O2.C9H16.C8H12O2.C8H14.C7H12O.C6H12/c1-9(2)11(5)13-7-8-14-12(6)10(3)4;1-4-11-5-7-12(8-6-11)9-10(2)3;1-4-9-5-6-10(8(2)3)11(12)7-9;1-7(2)9(12)11-5-6-14-10(13)8(3)4;1-7(2)9(11)5-6-13-10(12)8(3)4;1-7(2)10(5)8(3)6-9(4)11;1-6(2)9(11)5-7(3)8(4)10;1-6-8(4)9(5)7(2)3;1-6(2)8(10)5-4-7(3)9;1-6(2)8(5)7(3)4;1-5(2)7(8)6(3)4;1-4-5-6(2)3/h9,13H,3,5-8H2,1-2,4H3;4-8,10H,1,9H2,2-3H3;4,8-12H,1,5-7H2,2-3H3;7H,3,5-6H2,1-2,4H3,(H,11,12);7,9,11H,3,5-6H2,1-2,4H3;7,11H,3-6H2,1-2H3;6H,3,5H2,1-2,4H3;6-7H,5H2,1-4H3;4-6,9H,3H2,1-2H3;7H,1,5H2,2-4H3;6H,1H2,2-4H3;4,6H,1,5H2,2-3H3/b;;;;;;;8-6+;5-4-;;;. The molecule has 0 aliphatic heterocycles. The van der Waals surface area contributed by atoms with Crippen LogP contribution in [0.3, 0.4) is 0 Å². The summed E-state index contributed by atoms with van der Waals surface area (Å²) in [5.74, 6) is 5.39. The number of ketones is 4. The zero-order valence-electron chi connectivity index (χ0n) is 87.1. The van der Waals surface area contributed by atoms with Gasteiger partial charge in [0.15, 0.2) is 17.3 Å². The molecule has 0 spiro atoms. The SMILES string of the molecule is C=C(/C(C)=C/C)C(C)C.C=C(C)C(=C)C(C)C.C=C(C)C(=C)OCCNC(=C)C(C)C.C=C(C)C(=O)C(C)C.C=C(C)C(=O)OCCC(O)C(C)C.C=C(C)C(=O)OCCNC(=O)C(C)C.C=C(CC(=O)C(C)C)C(C)=O.C=C(O)/C=C\C(=O)C(C)C.C=C(O)CC(=C)C(=C)C(C)C.C=CC1CCC(C(C)C)C(O)C1.C=CCC(C)C.C=Cc1ccc(CC(C)C)cc1. The quantitative estimate of drug-likeness (QED) is 0.00890. The van der Waals surface area contributed by atoms with Crippen molar-refractivity contribution in [2.24, 2.45) is 82.9 Å². The van der Waals surface area contributed by atoms with Crippen molar-refractivity contribution in [1.82, 2.24) is 10.6 Å². The molecule has 1 aliphatic rings. The van der Waals surface area contributed by atoms with E-state index in [0.717, 1.165) is 77.6 Å². The molecule has 1 saturated carbocycles. The number of amides is 1. The second-order valence-electron chi connectivity index (χ2n) is 36.1. The van der Waals surface area contributed by atoms with Crippen molar-refractivity contribution in [2.45, 2.75) is 285 Å². The molecule has 730 valence electrons. The summed E-state index contributed by atoms with van der Waals surface area (Å²) in [5, 5.41) is 42.4. The fourth-order valence-electron chi connectivity index (χ4n) is 9.18. The van der Waals surface area contributed by atoms with Crippen LogP contribution >= 0.6 is 0 Å². The number of carbonyl (C=O) groups is 7. The molecule has 4 atom stereocenters. The first-order valence-electron chi connectivity index (χ1n) is 45.2. The van der Waals surface area contributed by atoms with E-state index in [1.807, 2.05) is 94.4 Å². The molecule has 1 fully saturated rings.